The van der Waals surface area contributed by atoms with Gasteiger partial charge in [0.25, 0.3) is 5.91 Å². The molecular formula is C23H20ClF3N8O3. The van der Waals surface area contributed by atoms with E-state index in [0.29, 0.717) is 15.5 Å². The average molecular weight is 549 g/mol. The van der Waals surface area contributed by atoms with Gasteiger partial charge < -0.3 is 20.9 Å². The van der Waals surface area contributed by atoms with Crippen molar-refractivity contribution in [3.63, 3.8) is 0 Å². The van der Waals surface area contributed by atoms with Crippen LogP contribution < -0.4 is 26.6 Å². The molecule has 0 atom stereocenters. The Morgan fingerprint density at radius 3 is 2.66 bits per heavy atom. The van der Waals surface area contributed by atoms with Crippen LogP contribution in [0.4, 0.5) is 24.7 Å². The first kappa shape index (κ1) is 26.7. The van der Waals surface area contributed by atoms with E-state index in [-0.39, 0.29) is 33.8 Å². The van der Waals surface area contributed by atoms with Crippen molar-refractivity contribution in [3.05, 3.63) is 77.1 Å². The molecular weight excluding hydrogens is 529 g/mol. The first-order valence-corrected chi connectivity index (χ1v) is 11.1. The van der Waals surface area contributed by atoms with Crippen molar-refractivity contribution in [3.8, 4) is 11.6 Å². The third-order valence-corrected chi connectivity index (χ3v) is 5.70. The summed E-state index contributed by atoms with van der Waals surface area (Å²) in [5.74, 6) is 4.94. The molecule has 0 spiro atoms. The number of carbonyl (C=O) groups is 1. The van der Waals surface area contributed by atoms with Gasteiger partial charge in [-0.1, -0.05) is 17.7 Å². The lowest BCUT2D eigenvalue weighted by Crippen LogP contribution is -2.33. The van der Waals surface area contributed by atoms with E-state index in [1.807, 2.05) is 0 Å². The molecule has 15 heteroatoms. The average Bonchev–Trinajstić information content (AvgIpc) is 3.35. The van der Waals surface area contributed by atoms with E-state index in [1.165, 1.54) is 37.6 Å². The number of rotatable bonds is 7. The number of hydrazine groups is 1. The molecule has 1 aromatic carbocycles. The van der Waals surface area contributed by atoms with Gasteiger partial charge in [0, 0.05) is 23.2 Å². The van der Waals surface area contributed by atoms with Gasteiger partial charge in [0.15, 0.2) is 11.5 Å². The van der Waals surface area contributed by atoms with Crippen LogP contribution >= 0.6 is 11.6 Å². The number of halogens is 4. The van der Waals surface area contributed by atoms with Crippen LogP contribution in [-0.2, 0) is 6.18 Å². The maximum atomic E-state index is 14.3. The van der Waals surface area contributed by atoms with Crippen molar-refractivity contribution >= 4 is 39.8 Å². The molecule has 0 radical (unpaired) electrons. The number of nitrogens with two attached hydrogens (primary N) is 2. The summed E-state index contributed by atoms with van der Waals surface area (Å²) in [5, 5.41) is 17.2. The maximum Gasteiger partial charge on any atom is 0.434 e. The van der Waals surface area contributed by atoms with Crippen molar-refractivity contribution < 1.29 is 27.8 Å². The van der Waals surface area contributed by atoms with Gasteiger partial charge in [-0.3, -0.25) is 9.80 Å². The minimum atomic E-state index is -4.95. The third kappa shape index (κ3) is 4.91. The van der Waals surface area contributed by atoms with Crippen LogP contribution in [0.25, 0.3) is 16.5 Å². The van der Waals surface area contributed by atoms with Gasteiger partial charge in [-0.2, -0.15) is 18.3 Å². The van der Waals surface area contributed by atoms with E-state index in [1.54, 1.807) is 6.07 Å². The first-order chi connectivity index (χ1) is 18.1. The van der Waals surface area contributed by atoms with E-state index in [9.17, 15) is 23.1 Å². The molecule has 0 unspecified atom stereocenters. The number of fused-ring (bicyclic) bond motifs is 1. The highest BCUT2D eigenvalue weighted by Crippen LogP contribution is 2.36. The highest BCUT2D eigenvalue weighted by Gasteiger charge is 2.41. The summed E-state index contributed by atoms with van der Waals surface area (Å²) in [6.07, 6.45) is -0.555. The summed E-state index contributed by atoms with van der Waals surface area (Å²) in [5.41, 5.74) is 3.51. The third-order valence-electron chi connectivity index (χ3n) is 5.42. The number of alkyl halides is 3. The van der Waals surface area contributed by atoms with Crippen LogP contribution in [0, 0.1) is 0 Å². The van der Waals surface area contributed by atoms with Crippen molar-refractivity contribution in [2.75, 3.05) is 24.0 Å². The van der Waals surface area contributed by atoms with Crippen LogP contribution in [0.5, 0.6) is 5.88 Å². The molecule has 1 amide bonds. The number of pyridine rings is 2. The quantitative estimate of drug-likeness (QED) is 0.201. The summed E-state index contributed by atoms with van der Waals surface area (Å²) in [4.78, 5) is 21.0. The van der Waals surface area contributed by atoms with Gasteiger partial charge in [0.05, 0.1) is 53.8 Å². The lowest BCUT2D eigenvalue weighted by atomic mass is 10.1. The second kappa shape index (κ2) is 10.5. The SMILES string of the molecule is COc1nccc2c(-n3ncc(C(=O)Nc4cnc(N(N)/C(=C\N)CO)c(Cl)c4)c3C(F)(F)F)cccc12. The van der Waals surface area contributed by atoms with Crippen LogP contribution in [0.15, 0.2) is 60.8 Å². The number of aliphatic hydroxyl groups is 1. The monoisotopic (exact) mass is 548 g/mol. The lowest BCUT2D eigenvalue weighted by molar-refractivity contribution is -0.143. The second-order valence-corrected chi connectivity index (χ2v) is 8.09. The van der Waals surface area contributed by atoms with Crippen LogP contribution in [0.2, 0.25) is 5.02 Å². The van der Waals surface area contributed by atoms with Gasteiger partial charge in [0.2, 0.25) is 5.88 Å². The van der Waals surface area contributed by atoms with Gasteiger partial charge >= 0.3 is 6.18 Å². The summed E-state index contributed by atoms with van der Waals surface area (Å²) < 4.78 is 48.6. The zero-order valence-electron chi connectivity index (χ0n) is 19.6. The number of nitrogens with zero attached hydrogens (tertiary/aromatic N) is 5. The molecule has 0 fully saturated rings. The molecule has 0 saturated carbocycles. The number of hydrogen-bond donors (Lipinski definition) is 4. The zero-order valence-corrected chi connectivity index (χ0v) is 20.3. The summed E-state index contributed by atoms with van der Waals surface area (Å²) in [6, 6.07) is 7.36. The number of methoxy groups -OCH3 is 1. The summed E-state index contributed by atoms with van der Waals surface area (Å²) in [6.45, 7) is -0.506. The zero-order chi connectivity index (χ0) is 27.6. The number of ether oxygens (including phenoxy) is 1. The van der Waals surface area contributed by atoms with Crippen LogP contribution in [0.3, 0.4) is 0 Å². The fraction of sp³-hybridized carbons (Fsp3) is 0.130. The number of carbonyl (C=O) groups excluding carboxylic acids is 1. The highest BCUT2D eigenvalue weighted by molar-refractivity contribution is 6.33. The molecule has 198 valence electrons. The Kier molecular flexibility index (Phi) is 7.39. The molecule has 0 aliphatic rings. The van der Waals surface area contributed by atoms with Gasteiger partial charge in [-0.15, -0.1) is 0 Å². The van der Waals surface area contributed by atoms with Crippen LogP contribution in [-0.4, -0.2) is 44.5 Å². The maximum absolute atomic E-state index is 14.3. The Morgan fingerprint density at radius 2 is 2.03 bits per heavy atom. The fourth-order valence-electron chi connectivity index (χ4n) is 3.70. The molecule has 0 aliphatic carbocycles. The normalized spacial score (nSPS) is 12.0. The molecule has 6 N–H and O–H groups in total. The standard InChI is InChI=1S/C23H20ClF3N8O3/c1-38-22-15-3-2-4-18(14(15)5-6-30-22)35-19(23(25,26)27)16(10-32-35)21(37)33-12-7-17(24)20(31-9-12)34(29)13(8-28)11-36/h2-10,36H,11,28-29H2,1H3,(H,33,37)/b13-8-. The Hall–Kier alpha value is -4.40. The Bertz CT molecular complexity index is 1540. The summed E-state index contributed by atoms with van der Waals surface area (Å²) >= 11 is 6.18. The van der Waals surface area contributed by atoms with Gasteiger partial charge in [-0.05, 0) is 24.3 Å². The Balaban J connectivity index is 1.72. The second-order valence-electron chi connectivity index (χ2n) is 7.68. The number of anilines is 2. The molecule has 0 bridgehead atoms. The van der Waals surface area contributed by atoms with E-state index in [4.69, 9.17) is 27.9 Å². The largest absolute Gasteiger partial charge is 0.481 e. The van der Waals surface area contributed by atoms with Gasteiger partial charge in [-0.25, -0.2) is 20.5 Å². The Morgan fingerprint density at radius 1 is 1.26 bits per heavy atom. The molecule has 0 saturated heterocycles. The molecule has 4 rings (SSSR count). The van der Waals surface area contributed by atoms with Crippen LogP contribution in [0.1, 0.15) is 16.1 Å². The van der Waals surface area contributed by atoms with E-state index in [2.05, 4.69) is 20.4 Å². The van der Waals surface area contributed by atoms with E-state index >= 15 is 0 Å². The molecule has 3 aromatic heterocycles. The minimum Gasteiger partial charge on any atom is -0.481 e. The number of amides is 1. The highest BCUT2D eigenvalue weighted by atomic mass is 35.5. The number of aromatic nitrogens is 4. The topological polar surface area (TPSA) is 157 Å². The molecule has 3 heterocycles. The van der Waals surface area contributed by atoms with Crippen molar-refractivity contribution in [2.45, 2.75) is 6.18 Å². The van der Waals surface area contributed by atoms with Gasteiger partial charge in [0.1, 0.15) is 0 Å². The fourth-order valence-corrected chi connectivity index (χ4v) is 3.96. The van der Waals surface area contributed by atoms with Crippen molar-refractivity contribution in [1.29, 1.82) is 0 Å². The molecule has 11 nitrogen and oxygen atoms in total. The first-order valence-electron chi connectivity index (χ1n) is 10.7. The molecule has 38 heavy (non-hydrogen) atoms. The minimum absolute atomic E-state index is 0.0127. The number of hydrogen-bond acceptors (Lipinski definition) is 9. The number of benzene rings is 1. The van der Waals surface area contributed by atoms with E-state index < -0.39 is 29.9 Å². The summed E-state index contributed by atoms with van der Waals surface area (Å²) in [7, 11) is 1.39. The Labute approximate surface area is 218 Å². The number of nitrogens with one attached hydrogen (secondary N) is 1. The number of aliphatic hydroxyl groups excluding tert-OH is 1. The smallest absolute Gasteiger partial charge is 0.434 e. The predicted octanol–water partition coefficient (Wildman–Crippen LogP) is 3.22. The molecule has 4 aromatic rings. The lowest BCUT2D eigenvalue weighted by Gasteiger charge is -2.20. The van der Waals surface area contributed by atoms with E-state index in [0.717, 1.165) is 23.6 Å². The van der Waals surface area contributed by atoms with Crippen molar-refractivity contribution in [2.24, 2.45) is 11.6 Å². The van der Waals surface area contributed by atoms with Crippen molar-refractivity contribution in [1.82, 2.24) is 19.7 Å². The molecule has 0 aliphatic heterocycles. The predicted molar refractivity (Wildman–Crippen MR) is 134 cm³/mol.